The molecule has 0 bridgehead atoms. The zero-order chi connectivity index (χ0) is 17.1. The third kappa shape index (κ3) is 2.91. The molecular weight excluding hydrogens is 330 g/mol. The monoisotopic (exact) mass is 349 g/mol. The summed E-state index contributed by atoms with van der Waals surface area (Å²) in [5.74, 6) is 2.92. The van der Waals surface area contributed by atoms with E-state index >= 15 is 0 Å². The molecule has 1 saturated heterocycles. The summed E-state index contributed by atoms with van der Waals surface area (Å²) in [4.78, 5) is 14.1. The van der Waals surface area contributed by atoms with Gasteiger partial charge >= 0.3 is 0 Å². The molecule has 1 aromatic heterocycles. The largest absolute Gasteiger partial charge is 0.493 e. The maximum Gasteiger partial charge on any atom is 0.234 e. The van der Waals surface area contributed by atoms with Crippen LogP contribution in [0.1, 0.15) is 16.7 Å². The highest BCUT2D eigenvalue weighted by Gasteiger charge is 2.36. The molecular formula is C17H19NO5S. The molecule has 1 unspecified atom stereocenters. The molecule has 0 spiro atoms. The smallest absolute Gasteiger partial charge is 0.234 e. The summed E-state index contributed by atoms with van der Waals surface area (Å²) in [6, 6.07) is 7.41. The van der Waals surface area contributed by atoms with E-state index in [0.717, 1.165) is 11.3 Å². The predicted molar refractivity (Wildman–Crippen MR) is 90.6 cm³/mol. The van der Waals surface area contributed by atoms with Gasteiger partial charge in [-0.1, -0.05) is 0 Å². The second-order valence-electron chi connectivity index (χ2n) is 5.19. The first-order valence-electron chi connectivity index (χ1n) is 7.42. The lowest BCUT2D eigenvalue weighted by Crippen LogP contribution is -2.27. The highest BCUT2D eigenvalue weighted by Crippen LogP contribution is 2.49. The van der Waals surface area contributed by atoms with Crippen molar-refractivity contribution in [3.8, 4) is 17.2 Å². The molecule has 1 aromatic carbocycles. The number of thioether (sulfide) groups is 1. The summed E-state index contributed by atoms with van der Waals surface area (Å²) >= 11 is 1.55. The number of methoxy groups -OCH3 is 3. The van der Waals surface area contributed by atoms with E-state index in [0.29, 0.717) is 29.5 Å². The lowest BCUT2D eigenvalue weighted by atomic mass is 10.1. The number of hydrogen-bond donors (Lipinski definition) is 0. The third-order valence-corrected chi connectivity index (χ3v) is 5.11. The molecule has 1 amide bonds. The molecule has 24 heavy (non-hydrogen) atoms. The van der Waals surface area contributed by atoms with Gasteiger partial charge in [0.05, 0.1) is 39.9 Å². The first kappa shape index (κ1) is 16.6. The summed E-state index contributed by atoms with van der Waals surface area (Å²) in [6.45, 7) is 0.418. The number of rotatable bonds is 6. The van der Waals surface area contributed by atoms with Gasteiger partial charge in [0, 0.05) is 5.56 Å². The number of furan rings is 1. The van der Waals surface area contributed by atoms with Crippen LogP contribution in [-0.2, 0) is 11.3 Å². The molecule has 0 saturated carbocycles. The summed E-state index contributed by atoms with van der Waals surface area (Å²) in [6.07, 6.45) is 1.61. The van der Waals surface area contributed by atoms with Crippen molar-refractivity contribution >= 4 is 17.7 Å². The van der Waals surface area contributed by atoms with Crippen LogP contribution in [0.3, 0.4) is 0 Å². The van der Waals surface area contributed by atoms with Crippen molar-refractivity contribution < 1.29 is 23.4 Å². The van der Waals surface area contributed by atoms with Crippen molar-refractivity contribution in [2.75, 3.05) is 27.1 Å². The Kier molecular flexibility index (Phi) is 4.89. The molecule has 0 N–H and O–H groups in total. The maximum atomic E-state index is 12.3. The lowest BCUT2D eigenvalue weighted by Gasteiger charge is -2.26. The molecule has 2 heterocycles. The number of carbonyl (C=O) groups is 1. The van der Waals surface area contributed by atoms with E-state index in [2.05, 4.69) is 0 Å². The molecule has 1 aliphatic rings. The number of amides is 1. The highest BCUT2D eigenvalue weighted by molar-refractivity contribution is 8.00. The van der Waals surface area contributed by atoms with E-state index in [1.807, 2.05) is 24.3 Å². The molecule has 2 aromatic rings. The van der Waals surface area contributed by atoms with E-state index in [9.17, 15) is 4.79 Å². The lowest BCUT2D eigenvalue weighted by molar-refractivity contribution is -0.128. The minimum atomic E-state index is -0.169. The van der Waals surface area contributed by atoms with Gasteiger partial charge in [0.15, 0.2) is 11.5 Å². The van der Waals surface area contributed by atoms with Gasteiger partial charge in [0.1, 0.15) is 11.1 Å². The van der Waals surface area contributed by atoms with Crippen LogP contribution in [-0.4, -0.2) is 37.9 Å². The normalized spacial score (nSPS) is 17.2. The molecule has 6 nitrogen and oxygen atoms in total. The predicted octanol–water partition coefficient (Wildman–Crippen LogP) is 3.08. The number of benzene rings is 1. The van der Waals surface area contributed by atoms with Gasteiger partial charge in [-0.25, -0.2) is 0 Å². The van der Waals surface area contributed by atoms with Crippen molar-refractivity contribution in [3.05, 3.63) is 41.9 Å². The molecule has 1 aliphatic heterocycles. The fraction of sp³-hybridized carbons (Fsp3) is 0.353. The standard InChI is InChI=1S/C17H19NO5S/c1-20-13-7-6-12(15(21-2)16(13)22-3)17-18(14(19)10-24-17)9-11-5-4-8-23-11/h4-8,17H,9-10H2,1-3H3. The Hall–Kier alpha value is -2.28. The number of nitrogens with zero attached hydrogens (tertiary/aromatic N) is 1. The van der Waals surface area contributed by atoms with Crippen LogP contribution < -0.4 is 14.2 Å². The van der Waals surface area contributed by atoms with Crippen LogP contribution in [0.4, 0.5) is 0 Å². The first-order chi connectivity index (χ1) is 11.7. The van der Waals surface area contributed by atoms with Gasteiger partial charge < -0.3 is 23.5 Å². The third-order valence-electron chi connectivity index (χ3n) is 3.88. The number of hydrogen-bond acceptors (Lipinski definition) is 6. The van der Waals surface area contributed by atoms with Crippen LogP contribution in [0.25, 0.3) is 0 Å². The summed E-state index contributed by atoms with van der Waals surface area (Å²) in [7, 11) is 4.73. The average molecular weight is 349 g/mol. The topological polar surface area (TPSA) is 61.1 Å². The average Bonchev–Trinajstić information content (AvgIpc) is 3.24. The van der Waals surface area contributed by atoms with Crippen molar-refractivity contribution in [3.63, 3.8) is 0 Å². The molecule has 3 rings (SSSR count). The second kappa shape index (κ2) is 7.09. The molecule has 7 heteroatoms. The van der Waals surface area contributed by atoms with E-state index in [-0.39, 0.29) is 11.3 Å². The van der Waals surface area contributed by atoms with Crippen LogP contribution >= 0.6 is 11.8 Å². The van der Waals surface area contributed by atoms with Crippen molar-refractivity contribution in [2.24, 2.45) is 0 Å². The summed E-state index contributed by atoms with van der Waals surface area (Å²) in [5.41, 5.74) is 0.873. The van der Waals surface area contributed by atoms with Crippen molar-refractivity contribution in [2.45, 2.75) is 11.9 Å². The van der Waals surface area contributed by atoms with Crippen molar-refractivity contribution in [1.82, 2.24) is 4.90 Å². The van der Waals surface area contributed by atoms with Gasteiger partial charge in [0.25, 0.3) is 0 Å². The van der Waals surface area contributed by atoms with Crippen LogP contribution in [0, 0.1) is 0 Å². The van der Waals surface area contributed by atoms with E-state index in [4.69, 9.17) is 18.6 Å². The minimum Gasteiger partial charge on any atom is -0.493 e. The SMILES string of the molecule is COc1ccc(C2SCC(=O)N2Cc2ccco2)c(OC)c1OC. The Morgan fingerprint density at radius 2 is 1.96 bits per heavy atom. The Labute approximate surface area is 144 Å². The molecule has 128 valence electrons. The van der Waals surface area contributed by atoms with Crippen LogP contribution in [0.15, 0.2) is 34.9 Å². The van der Waals surface area contributed by atoms with E-state index in [1.165, 1.54) is 0 Å². The molecule has 0 aliphatic carbocycles. The first-order valence-corrected chi connectivity index (χ1v) is 8.46. The Morgan fingerprint density at radius 3 is 2.58 bits per heavy atom. The fourth-order valence-corrected chi connectivity index (χ4v) is 3.98. The van der Waals surface area contributed by atoms with E-state index in [1.54, 1.807) is 44.3 Å². The van der Waals surface area contributed by atoms with Gasteiger partial charge in [-0.2, -0.15) is 0 Å². The second-order valence-corrected chi connectivity index (χ2v) is 6.26. The number of carbonyl (C=O) groups excluding carboxylic acids is 1. The molecule has 1 fully saturated rings. The summed E-state index contributed by atoms with van der Waals surface area (Å²) in [5, 5.41) is -0.169. The Morgan fingerprint density at radius 1 is 1.17 bits per heavy atom. The van der Waals surface area contributed by atoms with Gasteiger partial charge in [-0.05, 0) is 24.3 Å². The minimum absolute atomic E-state index is 0.0678. The zero-order valence-corrected chi connectivity index (χ0v) is 14.6. The van der Waals surface area contributed by atoms with Gasteiger partial charge in [-0.3, -0.25) is 4.79 Å². The fourth-order valence-electron chi connectivity index (χ4n) is 2.77. The Bertz CT molecular complexity index is 716. The van der Waals surface area contributed by atoms with Crippen LogP contribution in [0.5, 0.6) is 17.2 Å². The van der Waals surface area contributed by atoms with Gasteiger partial charge in [-0.15, -0.1) is 11.8 Å². The number of ether oxygens (including phenoxy) is 3. The quantitative estimate of drug-likeness (QED) is 0.799. The Balaban J connectivity index is 1.98. The molecule has 0 radical (unpaired) electrons. The van der Waals surface area contributed by atoms with Gasteiger partial charge in [0.2, 0.25) is 11.7 Å². The summed E-state index contributed by atoms with van der Waals surface area (Å²) < 4.78 is 21.7. The molecule has 1 atom stereocenters. The highest BCUT2D eigenvalue weighted by atomic mass is 32.2. The maximum absolute atomic E-state index is 12.3. The van der Waals surface area contributed by atoms with Crippen LogP contribution in [0.2, 0.25) is 0 Å². The van der Waals surface area contributed by atoms with Crippen molar-refractivity contribution in [1.29, 1.82) is 0 Å². The zero-order valence-electron chi connectivity index (χ0n) is 13.8. The van der Waals surface area contributed by atoms with E-state index < -0.39 is 0 Å².